The number of ether oxygens (including phenoxy) is 3. The molecule has 9 nitrogen and oxygen atoms in total. The van der Waals surface area contributed by atoms with Crippen LogP contribution in [-0.4, -0.2) is 36.3 Å². The van der Waals surface area contributed by atoms with Crippen molar-refractivity contribution in [1.29, 1.82) is 0 Å². The minimum Gasteiger partial charge on any atom is -0.493 e. The molecule has 5 N–H and O–H groups in total. The molecular weight excluding hydrogens is 348 g/mol. The second-order valence-corrected chi connectivity index (χ2v) is 5.89. The summed E-state index contributed by atoms with van der Waals surface area (Å²) in [7, 11) is 4.74. The fourth-order valence-electron chi connectivity index (χ4n) is 2.82. The number of hydrogen-bond donors (Lipinski definition) is 3. The van der Waals surface area contributed by atoms with E-state index < -0.39 is 0 Å². The van der Waals surface area contributed by atoms with Gasteiger partial charge in [0.05, 0.1) is 38.6 Å². The highest BCUT2D eigenvalue weighted by Crippen LogP contribution is 2.40. The summed E-state index contributed by atoms with van der Waals surface area (Å²) in [6.07, 6.45) is 1.67. The van der Waals surface area contributed by atoms with Crippen LogP contribution >= 0.6 is 0 Å². The van der Waals surface area contributed by atoms with Crippen molar-refractivity contribution < 1.29 is 14.2 Å². The van der Waals surface area contributed by atoms with E-state index in [1.807, 2.05) is 25.1 Å². The Morgan fingerprint density at radius 2 is 1.63 bits per heavy atom. The van der Waals surface area contributed by atoms with Crippen LogP contribution in [0.15, 0.2) is 24.4 Å². The van der Waals surface area contributed by atoms with E-state index in [1.54, 1.807) is 27.5 Å². The number of nitrogens with zero attached hydrogens (tertiary/aromatic N) is 3. The van der Waals surface area contributed by atoms with Crippen molar-refractivity contribution in [3.8, 4) is 17.2 Å². The van der Waals surface area contributed by atoms with Gasteiger partial charge < -0.3 is 31.0 Å². The molecule has 1 aromatic carbocycles. The van der Waals surface area contributed by atoms with E-state index >= 15 is 0 Å². The van der Waals surface area contributed by atoms with E-state index in [9.17, 15) is 0 Å². The summed E-state index contributed by atoms with van der Waals surface area (Å²) in [5.74, 6) is 2.11. The van der Waals surface area contributed by atoms with Crippen LogP contribution in [0.2, 0.25) is 0 Å². The summed E-state index contributed by atoms with van der Waals surface area (Å²) >= 11 is 0. The Balaban J connectivity index is 1.93. The Hall–Kier alpha value is -3.49. The molecule has 0 aliphatic rings. The van der Waals surface area contributed by atoms with Crippen molar-refractivity contribution in [1.82, 2.24) is 15.0 Å². The van der Waals surface area contributed by atoms with Gasteiger partial charge in [0.1, 0.15) is 5.82 Å². The predicted octanol–water partition coefficient (Wildman–Crippen LogP) is 2.39. The molecule has 2 aromatic heterocycles. The molecule has 0 spiro atoms. The summed E-state index contributed by atoms with van der Waals surface area (Å²) < 4.78 is 16.2. The van der Waals surface area contributed by atoms with Crippen molar-refractivity contribution in [2.45, 2.75) is 13.0 Å². The Labute approximate surface area is 156 Å². The quantitative estimate of drug-likeness (QED) is 0.598. The number of benzene rings is 1. The highest BCUT2D eigenvalue weighted by Gasteiger charge is 2.17. The molecule has 0 aliphatic carbocycles. The van der Waals surface area contributed by atoms with Crippen LogP contribution in [0, 0.1) is 0 Å². The van der Waals surface area contributed by atoms with Gasteiger partial charge >= 0.3 is 0 Å². The third-order valence-corrected chi connectivity index (χ3v) is 4.17. The third-order valence-electron chi connectivity index (χ3n) is 4.17. The topological polar surface area (TPSA) is 130 Å². The van der Waals surface area contributed by atoms with Crippen LogP contribution in [0.3, 0.4) is 0 Å². The molecule has 3 aromatic rings. The maximum absolute atomic E-state index is 5.93. The first-order valence-corrected chi connectivity index (χ1v) is 8.22. The zero-order chi connectivity index (χ0) is 19.6. The van der Waals surface area contributed by atoms with Gasteiger partial charge in [-0.1, -0.05) is 0 Å². The Morgan fingerprint density at radius 3 is 2.22 bits per heavy atom. The molecule has 1 unspecified atom stereocenters. The second kappa shape index (κ2) is 7.40. The van der Waals surface area contributed by atoms with Crippen molar-refractivity contribution in [3.63, 3.8) is 0 Å². The lowest BCUT2D eigenvalue weighted by atomic mass is 10.1. The van der Waals surface area contributed by atoms with Gasteiger partial charge in [0, 0.05) is 6.04 Å². The first-order valence-electron chi connectivity index (χ1n) is 8.22. The number of nitrogens with two attached hydrogens (primary N) is 2. The van der Waals surface area contributed by atoms with Gasteiger partial charge in [0.15, 0.2) is 17.1 Å². The van der Waals surface area contributed by atoms with Crippen molar-refractivity contribution in [2.24, 2.45) is 0 Å². The summed E-state index contributed by atoms with van der Waals surface area (Å²) in [5.41, 5.74) is 13.7. The van der Waals surface area contributed by atoms with Gasteiger partial charge in [-0.2, -0.15) is 9.97 Å². The normalized spacial score (nSPS) is 11.9. The van der Waals surface area contributed by atoms with Crippen molar-refractivity contribution >= 4 is 28.5 Å². The molecule has 27 heavy (non-hydrogen) atoms. The average Bonchev–Trinajstić information content (AvgIpc) is 2.67. The average molecular weight is 370 g/mol. The molecule has 0 radical (unpaired) electrons. The van der Waals surface area contributed by atoms with E-state index in [-0.39, 0.29) is 17.8 Å². The van der Waals surface area contributed by atoms with Gasteiger partial charge in [-0.05, 0) is 30.7 Å². The highest BCUT2D eigenvalue weighted by atomic mass is 16.5. The predicted molar refractivity (Wildman–Crippen MR) is 104 cm³/mol. The SMILES string of the molecule is COc1cc(C(C)Nc2cnc3nc(N)nc(N)c3c2)cc(OC)c1OC. The maximum atomic E-state index is 5.93. The molecule has 0 saturated carbocycles. The van der Waals surface area contributed by atoms with E-state index in [4.69, 9.17) is 25.7 Å². The molecule has 0 fully saturated rings. The van der Waals surface area contributed by atoms with Crippen molar-refractivity contribution in [3.05, 3.63) is 30.0 Å². The maximum Gasteiger partial charge on any atom is 0.224 e. The third kappa shape index (κ3) is 3.57. The fourth-order valence-corrected chi connectivity index (χ4v) is 2.82. The minimum absolute atomic E-state index is 0.0751. The first-order chi connectivity index (χ1) is 13.0. The van der Waals surface area contributed by atoms with Gasteiger partial charge in [-0.15, -0.1) is 0 Å². The summed E-state index contributed by atoms with van der Waals surface area (Å²) in [5, 5.41) is 4.01. The number of pyridine rings is 1. The number of rotatable bonds is 6. The summed E-state index contributed by atoms with van der Waals surface area (Å²) in [6.45, 7) is 2.01. The summed E-state index contributed by atoms with van der Waals surface area (Å²) in [6, 6.07) is 5.55. The lowest BCUT2D eigenvalue weighted by molar-refractivity contribution is 0.323. The highest BCUT2D eigenvalue weighted by molar-refractivity contribution is 5.88. The van der Waals surface area contributed by atoms with Crippen LogP contribution < -0.4 is 31.0 Å². The molecule has 0 amide bonds. The number of hydrogen-bond acceptors (Lipinski definition) is 9. The molecule has 0 aliphatic heterocycles. The van der Waals surface area contributed by atoms with Gasteiger partial charge in [0.25, 0.3) is 0 Å². The van der Waals surface area contributed by atoms with Crippen LogP contribution in [-0.2, 0) is 0 Å². The zero-order valence-corrected chi connectivity index (χ0v) is 15.6. The van der Waals surface area contributed by atoms with E-state index in [1.165, 1.54) is 0 Å². The van der Waals surface area contributed by atoms with E-state index in [0.717, 1.165) is 11.3 Å². The Bertz CT molecular complexity index is 954. The Kier molecular flexibility index (Phi) is 5.02. The number of fused-ring (bicyclic) bond motifs is 1. The fraction of sp³-hybridized carbons (Fsp3) is 0.278. The smallest absolute Gasteiger partial charge is 0.224 e. The zero-order valence-electron chi connectivity index (χ0n) is 15.6. The van der Waals surface area contributed by atoms with E-state index in [2.05, 4.69) is 20.3 Å². The van der Waals surface area contributed by atoms with Crippen LogP contribution in [0.1, 0.15) is 18.5 Å². The first kappa shape index (κ1) is 18.3. The van der Waals surface area contributed by atoms with Gasteiger partial charge in [0.2, 0.25) is 11.7 Å². The molecule has 2 heterocycles. The van der Waals surface area contributed by atoms with Gasteiger partial charge in [-0.25, -0.2) is 4.98 Å². The number of anilines is 3. The Morgan fingerprint density at radius 1 is 0.963 bits per heavy atom. The monoisotopic (exact) mass is 370 g/mol. The summed E-state index contributed by atoms with van der Waals surface area (Å²) in [4.78, 5) is 12.4. The molecule has 3 rings (SSSR count). The standard InChI is InChI=1S/C18H22N6O3/c1-9(10-5-13(25-2)15(27-4)14(6-10)26-3)22-11-7-12-16(19)23-18(20)24-17(12)21-8-11/h5-9,22H,1-4H3,(H4,19,20,21,23,24). The van der Waals surface area contributed by atoms with Crippen LogP contribution in [0.5, 0.6) is 17.2 Å². The van der Waals surface area contributed by atoms with E-state index in [0.29, 0.717) is 28.3 Å². The molecule has 0 bridgehead atoms. The molecule has 9 heteroatoms. The van der Waals surface area contributed by atoms with Crippen LogP contribution in [0.4, 0.5) is 17.5 Å². The number of nitrogens with one attached hydrogen (secondary N) is 1. The largest absolute Gasteiger partial charge is 0.493 e. The number of methoxy groups -OCH3 is 3. The molecule has 0 saturated heterocycles. The molecule has 1 atom stereocenters. The second-order valence-electron chi connectivity index (χ2n) is 5.89. The molecule has 142 valence electrons. The van der Waals surface area contributed by atoms with Gasteiger partial charge in [-0.3, -0.25) is 0 Å². The lowest BCUT2D eigenvalue weighted by Crippen LogP contribution is -2.09. The number of nitrogen functional groups attached to an aromatic ring is 2. The molecular formula is C18H22N6O3. The lowest BCUT2D eigenvalue weighted by Gasteiger charge is -2.19. The number of aromatic nitrogens is 3. The minimum atomic E-state index is -0.0751. The van der Waals surface area contributed by atoms with Crippen molar-refractivity contribution in [2.75, 3.05) is 38.1 Å². The van der Waals surface area contributed by atoms with Crippen LogP contribution in [0.25, 0.3) is 11.0 Å².